The van der Waals surface area contributed by atoms with Crippen molar-refractivity contribution in [3.63, 3.8) is 0 Å². The van der Waals surface area contributed by atoms with Crippen LogP contribution < -0.4 is 15.6 Å². The molecule has 4 aromatic rings. The van der Waals surface area contributed by atoms with E-state index in [0.29, 0.717) is 18.0 Å². The van der Waals surface area contributed by atoms with E-state index in [2.05, 4.69) is 15.4 Å². The second-order valence-electron chi connectivity index (χ2n) is 7.46. The van der Waals surface area contributed by atoms with Crippen LogP contribution >= 0.6 is 11.3 Å². The molecular formula is C25H24N4O3S. The molecule has 2 aromatic heterocycles. The Balaban J connectivity index is 1.42. The summed E-state index contributed by atoms with van der Waals surface area (Å²) in [6.45, 7) is 2.52. The summed E-state index contributed by atoms with van der Waals surface area (Å²) in [5.74, 6) is 0.583. The van der Waals surface area contributed by atoms with Gasteiger partial charge in [0.1, 0.15) is 16.5 Å². The highest BCUT2D eigenvalue weighted by molar-refractivity contribution is 7.18. The molecule has 0 aliphatic rings. The summed E-state index contributed by atoms with van der Waals surface area (Å²) < 4.78 is 6.57. The topological polar surface area (TPSA) is 86.1 Å². The van der Waals surface area contributed by atoms with Gasteiger partial charge in [-0.2, -0.15) is 5.10 Å². The van der Waals surface area contributed by atoms with Gasteiger partial charge >= 0.3 is 0 Å². The van der Waals surface area contributed by atoms with Gasteiger partial charge in [0.05, 0.1) is 30.6 Å². The number of benzene rings is 2. The van der Waals surface area contributed by atoms with Crippen molar-refractivity contribution in [2.45, 2.75) is 19.9 Å². The second kappa shape index (κ2) is 10.2. The number of carbonyl (C=O) groups excluding carboxylic acids is 1. The van der Waals surface area contributed by atoms with Crippen LogP contribution in [0.5, 0.6) is 5.75 Å². The van der Waals surface area contributed by atoms with Gasteiger partial charge in [-0.3, -0.25) is 9.59 Å². The summed E-state index contributed by atoms with van der Waals surface area (Å²) in [6, 6.07) is 20.6. The molecule has 1 amide bonds. The van der Waals surface area contributed by atoms with Crippen molar-refractivity contribution in [3.8, 4) is 26.9 Å². The SMILES string of the molecule is COc1cccc(CC(=O)NCCn2nc(-c3sc(-c4ccccc4)nc3C)ccc2=O)c1. The first-order valence-corrected chi connectivity index (χ1v) is 11.4. The Morgan fingerprint density at radius 1 is 1.09 bits per heavy atom. The molecule has 0 spiro atoms. The van der Waals surface area contributed by atoms with Crippen LogP contribution in [0.15, 0.2) is 71.5 Å². The Kier molecular flexibility index (Phi) is 6.95. The van der Waals surface area contributed by atoms with E-state index in [1.165, 1.54) is 10.7 Å². The zero-order valence-electron chi connectivity index (χ0n) is 18.4. The molecule has 0 radical (unpaired) electrons. The number of nitrogens with one attached hydrogen (secondary N) is 1. The Bertz CT molecular complexity index is 1310. The van der Waals surface area contributed by atoms with Gasteiger partial charge in [-0.05, 0) is 30.7 Å². The van der Waals surface area contributed by atoms with E-state index >= 15 is 0 Å². The van der Waals surface area contributed by atoms with Crippen LogP contribution in [0, 0.1) is 6.92 Å². The van der Waals surface area contributed by atoms with E-state index < -0.39 is 0 Å². The molecule has 0 atom stereocenters. The standard InChI is InChI=1S/C25H24N4O3S/c1-17-24(33-25(27-17)19-8-4-3-5-9-19)21-11-12-23(31)29(28-21)14-13-26-22(30)16-18-7-6-10-20(15-18)32-2/h3-12,15H,13-14,16H2,1-2H3,(H,26,30). The molecule has 0 saturated heterocycles. The molecule has 0 aliphatic carbocycles. The molecule has 2 aromatic carbocycles. The molecule has 33 heavy (non-hydrogen) atoms. The van der Waals surface area contributed by atoms with Crippen molar-refractivity contribution in [3.05, 3.63) is 88.3 Å². The number of methoxy groups -OCH3 is 1. The Morgan fingerprint density at radius 2 is 1.91 bits per heavy atom. The lowest BCUT2D eigenvalue weighted by Gasteiger charge is -2.09. The Labute approximate surface area is 195 Å². The normalized spacial score (nSPS) is 10.7. The molecule has 168 valence electrons. The first-order valence-electron chi connectivity index (χ1n) is 10.5. The first-order chi connectivity index (χ1) is 16.0. The summed E-state index contributed by atoms with van der Waals surface area (Å²) in [5.41, 5.74) is 3.24. The minimum Gasteiger partial charge on any atom is -0.497 e. The number of hydrogen-bond acceptors (Lipinski definition) is 6. The predicted molar refractivity (Wildman–Crippen MR) is 129 cm³/mol. The van der Waals surface area contributed by atoms with Crippen molar-refractivity contribution in [2.24, 2.45) is 0 Å². The smallest absolute Gasteiger partial charge is 0.266 e. The van der Waals surface area contributed by atoms with Gasteiger partial charge in [-0.1, -0.05) is 42.5 Å². The van der Waals surface area contributed by atoms with Crippen LogP contribution in [0.1, 0.15) is 11.3 Å². The van der Waals surface area contributed by atoms with E-state index in [-0.39, 0.29) is 24.4 Å². The third-order valence-electron chi connectivity index (χ3n) is 5.06. The van der Waals surface area contributed by atoms with Crippen LogP contribution in [-0.2, 0) is 17.8 Å². The number of aryl methyl sites for hydroxylation is 1. The van der Waals surface area contributed by atoms with E-state index in [1.54, 1.807) is 24.5 Å². The van der Waals surface area contributed by atoms with Crippen molar-refractivity contribution in [1.82, 2.24) is 20.1 Å². The summed E-state index contributed by atoms with van der Waals surface area (Å²) in [5, 5.41) is 8.28. The molecular weight excluding hydrogens is 436 g/mol. The van der Waals surface area contributed by atoms with Crippen molar-refractivity contribution < 1.29 is 9.53 Å². The Hall–Kier alpha value is -3.78. The highest BCUT2D eigenvalue weighted by Gasteiger charge is 2.14. The second-order valence-corrected chi connectivity index (χ2v) is 8.46. The summed E-state index contributed by atoms with van der Waals surface area (Å²) >= 11 is 1.54. The molecule has 0 fully saturated rings. The molecule has 2 heterocycles. The van der Waals surface area contributed by atoms with Crippen LogP contribution in [0.3, 0.4) is 0 Å². The number of aromatic nitrogens is 3. The van der Waals surface area contributed by atoms with Gasteiger partial charge < -0.3 is 10.1 Å². The molecule has 0 aliphatic heterocycles. The van der Waals surface area contributed by atoms with E-state index in [1.807, 2.05) is 61.5 Å². The number of rotatable bonds is 8. The summed E-state index contributed by atoms with van der Waals surface area (Å²) in [4.78, 5) is 30.2. The van der Waals surface area contributed by atoms with E-state index in [9.17, 15) is 9.59 Å². The number of ether oxygens (including phenoxy) is 1. The average molecular weight is 461 g/mol. The Morgan fingerprint density at radius 3 is 2.70 bits per heavy atom. The highest BCUT2D eigenvalue weighted by Crippen LogP contribution is 2.33. The third-order valence-corrected chi connectivity index (χ3v) is 6.29. The van der Waals surface area contributed by atoms with Gasteiger partial charge in [0.2, 0.25) is 5.91 Å². The molecule has 1 N–H and O–H groups in total. The molecule has 0 saturated carbocycles. The number of hydrogen-bond donors (Lipinski definition) is 1. The maximum absolute atomic E-state index is 12.3. The molecule has 0 bridgehead atoms. The zero-order valence-corrected chi connectivity index (χ0v) is 19.3. The minimum atomic E-state index is -0.216. The third kappa shape index (κ3) is 5.53. The van der Waals surface area contributed by atoms with Crippen LogP contribution in [0.25, 0.3) is 21.1 Å². The highest BCUT2D eigenvalue weighted by atomic mass is 32.1. The number of carbonyl (C=O) groups is 1. The van der Waals surface area contributed by atoms with Crippen LogP contribution in [-0.4, -0.2) is 34.3 Å². The van der Waals surface area contributed by atoms with Crippen LogP contribution in [0.2, 0.25) is 0 Å². The van der Waals surface area contributed by atoms with Crippen molar-refractivity contribution in [2.75, 3.05) is 13.7 Å². The number of amides is 1. The average Bonchev–Trinajstić information content (AvgIpc) is 3.22. The zero-order chi connectivity index (χ0) is 23.2. The first kappa shape index (κ1) is 22.4. The maximum Gasteiger partial charge on any atom is 0.266 e. The predicted octanol–water partition coefficient (Wildman–Crippen LogP) is 3.71. The van der Waals surface area contributed by atoms with Crippen molar-refractivity contribution in [1.29, 1.82) is 0 Å². The molecule has 0 unspecified atom stereocenters. The maximum atomic E-state index is 12.3. The fraction of sp³-hybridized carbons (Fsp3) is 0.200. The fourth-order valence-electron chi connectivity index (χ4n) is 3.40. The lowest BCUT2D eigenvalue weighted by atomic mass is 10.1. The summed E-state index contributed by atoms with van der Waals surface area (Å²) in [7, 11) is 1.59. The van der Waals surface area contributed by atoms with Gasteiger partial charge in [0, 0.05) is 18.2 Å². The van der Waals surface area contributed by atoms with Crippen LogP contribution in [0.4, 0.5) is 0 Å². The number of thiazole rings is 1. The van der Waals surface area contributed by atoms with Gasteiger partial charge in [0.15, 0.2) is 0 Å². The van der Waals surface area contributed by atoms with E-state index in [0.717, 1.165) is 26.7 Å². The fourth-order valence-corrected chi connectivity index (χ4v) is 4.44. The van der Waals surface area contributed by atoms with Gasteiger partial charge in [0.25, 0.3) is 5.56 Å². The lowest BCUT2D eigenvalue weighted by Crippen LogP contribution is -2.32. The van der Waals surface area contributed by atoms with E-state index in [4.69, 9.17) is 4.74 Å². The minimum absolute atomic E-state index is 0.127. The summed E-state index contributed by atoms with van der Waals surface area (Å²) in [6.07, 6.45) is 0.238. The van der Waals surface area contributed by atoms with Gasteiger partial charge in [-0.25, -0.2) is 9.67 Å². The molecule has 7 nitrogen and oxygen atoms in total. The largest absolute Gasteiger partial charge is 0.497 e. The van der Waals surface area contributed by atoms with Gasteiger partial charge in [-0.15, -0.1) is 11.3 Å². The monoisotopic (exact) mass is 460 g/mol. The molecule has 8 heteroatoms. The molecule has 4 rings (SSSR count). The quantitative estimate of drug-likeness (QED) is 0.433. The lowest BCUT2D eigenvalue weighted by molar-refractivity contribution is -0.120. The number of nitrogens with zero attached hydrogens (tertiary/aromatic N) is 3. The van der Waals surface area contributed by atoms with Crippen molar-refractivity contribution >= 4 is 17.2 Å².